The van der Waals surface area contributed by atoms with Gasteiger partial charge in [-0.15, -0.1) is 0 Å². The van der Waals surface area contributed by atoms with Crippen molar-refractivity contribution < 1.29 is 9.84 Å². The SMILES string of the molecule is COc1cncc(C(O)c2ccccc2)c1. The molecule has 0 saturated heterocycles. The maximum Gasteiger partial charge on any atom is 0.137 e. The Kier molecular flexibility index (Phi) is 3.17. The molecular weight excluding hydrogens is 202 g/mol. The lowest BCUT2D eigenvalue weighted by molar-refractivity contribution is 0.219. The Morgan fingerprint density at radius 2 is 1.88 bits per heavy atom. The molecule has 1 N–H and O–H groups in total. The fourth-order valence-electron chi connectivity index (χ4n) is 1.52. The van der Waals surface area contributed by atoms with E-state index in [1.54, 1.807) is 25.6 Å². The van der Waals surface area contributed by atoms with Crippen LogP contribution in [-0.4, -0.2) is 17.2 Å². The van der Waals surface area contributed by atoms with Crippen LogP contribution in [0.1, 0.15) is 17.2 Å². The summed E-state index contributed by atoms with van der Waals surface area (Å²) in [5, 5.41) is 10.1. The van der Waals surface area contributed by atoms with Crippen LogP contribution in [0.4, 0.5) is 0 Å². The first kappa shape index (κ1) is 10.6. The molecule has 3 heteroatoms. The molecule has 0 saturated carbocycles. The number of nitrogens with zero attached hydrogens (tertiary/aromatic N) is 1. The Morgan fingerprint density at radius 3 is 2.56 bits per heavy atom. The third kappa shape index (κ3) is 2.20. The van der Waals surface area contributed by atoms with Gasteiger partial charge < -0.3 is 9.84 Å². The zero-order valence-corrected chi connectivity index (χ0v) is 9.00. The Labute approximate surface area is 94.3 Å². The predicted octanol–water partition coefficient (Wildman–Crippen LogP) is 2.17. The zero-order valence-electron chi connectivity index (χ0n) is 9.00. The number of methoxy groups -OCH3 is 1. The first-order valence-corrected chi connectivity index (χ1v) is 5.03. The second-order valence-electron chi connectivity index (χ2n) is 3.47. The number of aliphatic hydroxyl groups is 1. The molecule has 1 aromatic carbocycles. The average molecular weight is 215 g/mol. The van der Waals surface area contributed by atoms with Gasteiger partial charge in [0.25, 0.3) is 0 Å². The summed E-state index contributed by atoms with van der Waals surface area (Å²) in [6, 6.07) is 11.2. The highest BCUT2D eigenvalue weighted by atomic mass is 16.5. The lowest BCUT2D eigenvalue weighted by Crippen LogP contribution is -2.00. The van der Waals surface area contributed by atoms with Crippen LogP contribution in [0.5, 0.6) is 5.75 Å². The van der Waals surface area contributed by atoms with Gasteiger partial charge in [-0.1, -0.05) is 30.3 Å². The number of rotatable bonds is 3. The molecule has 0 spiro atoms. The molecule has 2 rings (SSSR count). The Bertz CT molecular complexity index is 456. The molecule has 0 aliphatic carbocycles. The minimum absolute atomic E-state index is 0.646. The van der Waals surface area contributed by atoms with Gasteiger partial charge >= 0.3 is 0 Å². The molecule has 0 fully saturated rings. The summed E-state index contributed by atoms with van der Waals surface area (Å²) in [7, 11) is 1.58. The van der Waals surface area contributed by atoms with Crippen LogP contribution in [0.3, 0.4) is 0 Å². The van der Waals surface area contributed by atoms with E-state index in [4.69, 9.17) is 4.74 Å². The van der Waals surface area contributed by atoms with Crippen LogP contribution in [0.2, 0.25) is 0 Å². The Balaban J connectivity index is 2.30. The molecule has 3 nitrogen and oxygen atoms in total. The maximum atomic E-state index is 10.1. The van der Waals surface area contributed by atoms with Crippen molar-refractivity contribution in [3.63, 3.8) is 0 Å². The van der Waals surface area contributed by atoms with E-state index in [2.05, 4.69) is 4.98 Å². The van der Waals surface area contributed by atoms with E-state index >= 15 is 0 Å². The van der Waals surface area contributed by atoms with Crippen LogP contribution in [0.15, 0.2) is 48.8 Å². The van der Waals surface area contributed by atoms with Crippen LogP contribution >= 0.6 is 0 Å². The number of pyridine rings is 1. The van der Waals surface area contributed by atoms with Crippen molar-refractivity contribution in [3.05, 3.63) is 59.9 Å². The standard InChI is InChI=1S/C13H13NO2/c1-16-12-7-11(8-14-9-12)13(15)10-5-3-2-4-6-10/h2-9,13,15H,1H3. The normalized spacial score (nSPS) is 12.1. The molecule has 1 unspecified atom stereocenters. The number of aliphatic hydroxyl groups excluding tert-OH is 1. The quantitative estimate of drug-likeness (QED) is 0.853. The molecule has 0 bridgehead atoms. The summed E-state index contributed by atoms with van der Waals surface area (Å²) in [5.41, 5.74) is 1.57. The van der Waals surface area contributed by atoms with Gasteiger partial charge in [0.15, 0.2) is 0 Å². The number of aromatic nitrogens is 1. The van der Waals surface area contributed by atoms with Gasteiger partial charge in [-0.25, -0.2) is 0 Å². The second-order valence-corrected chi connectivity index (χ2v) is 3.47. The van der Waals surface area contributed by atoms with Crippen LogP contribution in [0, 0.1) is 0 Å². The highest BCUT2D eigenvalue weighted by Gasteiger charge is 2.10. The predicted molar refractivity (Wildman–Crippen MR) is 61.3 cm³/mol. The first-order valence-electron chi connectivity index (χ1n) is 5.03. The molecule has 0 radical (unpaired) electrons. The number of hydrogen-bond donors (Lipinski definition) is 1. The summed E-state index contributed by atoms with van der Waals surface area (Å²) in [5.74, 6) is 0.646. The van der Waals surface area contributed by atoms with Gasteiger partial charge in [-0.2, -0.15) is 0 Å². The summed E-state index contributed by atoms with van der Waals surface area (Å²) in [4.78, 5) is 4.02. The van der Waals surface area contributed by atoms with Gasteiger partial charge in [0, 0.05) is 11.8 Å². The second kappa shape index (κ2) is 4.77. The Morgan fingerprint density at radius 1 is 1.12 bits per heavy atom. The van der Waals surface area contributed by atoms with Gasteiger partial charge in [0.2, 0.25) is 0 Å². The summed E-state index contributed by atoms with van der Waals surface area (Å²) >= 11 is 0. The van der Waals surface area contributed by atoms with Gasteiger partial charge in [0.05, 0.1) is 13.3 Å². The minimum Gasteiger partial charge on any atom is -0.495 e. The molecule has 1 heterocycles. The van der Waals surface area contributed by atoms with E-state index < -0.39 is 6.10 Å². The van der Waals surface area contributed by atoms with Crippen molar-refractivity contribution in [3.8, 4) is 5.75 Å². The summed E-state index contributed by atoms with van der Waals surface area (Å²) in [6.45, 7) is 0. The van der Waals surface area contributed by atoms with Crippen molar-refractivity contribution in [2.24, 2.45) is 0 Å². The molecule has 0 aliphatic rings. The van der Waals surface area contributed by atoms with E-state index in [1.165, 1.54) is 0 Å². The fourth-order valence-corrected chi connectivity index (χ4v) is 1.52. The van der Waals surface area contributed by atoms with E-state index in [0.717, 1.165) is 11.1 Å². The number of ether oxygens (including phenoxy) is 1. The highest BCUT2D eigenvalue weighted by molar-refractivity contribution is 5.32. The van der Waals surface area contributed by atoms with Crippen molar-refractivity contribution in [2.45, 2.75) is 6.10 Å². The van der Waals surface area contributed by atoms with E-state index in [1.807, 2.05) is 30.3 Å². The maximum absolute atomic E-state index is 10.1. The molecule has 1 atom stereocenters. The minimum atomic E-state index is -0.663. The lowest BCUT2D eigenvalue weighted by atomic mass is 10.0. The Hall–Kier alpha value is -1.87. The third-order valence-corrected chi connectivity index (χ3v) is 2.40. The lowest BCUT2D eigenvalue weighted by Gasteiger charge is -2.11. The van der Waals surface area contributed by atoms with Crippen LogP contribution < -0.4 is 4.74 Å². The van der Waals surface area contributed by atoms with E-state index in [0.29, 0.717) is 5.75 Å². The van der Waals surface area contributed by atoms with Crippen molar-refractivity contribution in [1.82, 2.24) is 4.98 Å². The van der Waals surface area contributed by atoms with Crippen molar-refractivity contribution >= 4 is 0 Å². The first-order chi connectivity index (χ1) is 7.81. The van der Waals surface area contributed by atoms with E-state index in [-0.39, 0.29) is 0 Å². The average Bonchev–Trinajstić information content (AvgIpc) is 2.39. The zero-order chi connectivity index (χ0) is 11.4. The molecular formula is C13H13NO2. The van der Waals surface area contributed by atoms with Crippen LogP contribution in [-0.2, 0) is 0 Å². The summed E-state index contributed by atoms with van der Waals surface area (Å²) in [6.07, 6.45) is 2.59. The topological polar surface area (TPSA) is 42.4 Å². The smallest absolute Gasteiger partial charge is 0.137 e. The summed E-state index contributed by atoms with van der Waals surface area (Å²) < 4.78 is 5.07. The molecule has 1 aromatic heterocycles. The molecule has 0 amide bonds. The highest BCUT2D eigenvalue weighted by Crippen LogP contribution is 2.23. The van der Waals surface area contributed by atoms with Gasteiger partial charge in [-0.3, -0.25) is 4.98 Å². The molecule has 0 aliphatic heterocycles. The molecule has 2 aromatic rings. The van der Waals surface area contributed by atoms with Crippen molar-refractivity contribution in [1.29, 1.82) is 0 Å². The molecule has 82 valence electrons. The van der Waals surface area contributed by atoms with E-state index in [9.17, 15) is 5.11 Å². The fraction of sp³-hybridized carbons (Fsp3) is 0.154. The molecule has 16 heavy (non-hydrogen) atoms. The van der Waals surface area contributed by atoms with Crippen LogP contribution in [0.25, 0.3) is 0 Å². The largest absolute Gasteiger partial charge is 0.495 e. The van der Waals surface area contributed by atoms with Gasteiger partial charge in [0.1, 0.15) is 11.9 Å². The number of benzene rings is 1. The monoisotopic (exact) mass is 215 g/mol. The third-order valence-electron chi connectivity index (χ3n) is 2.40. The van der Waals surface area contributed by atoms with Crippen molar-refractivity contribution in [2.75, 3.05) is 7.11 Å². The van der Waals surface area contributed by atoms with Gasteiger partial charge in [-0.05, 0) is 11.6 Å². The number of hydrogen-bond acceptors (Lipinski definition) is 3.